The SMILES string of the molecule is COc1ccc(CN)c(OCc2cnoc2)c1. The third kappa shape index (κ3) is 2.76. The van der Waals surface area contributed by atoms with Crippen LogP contribution in [0.2, 0.25) is 0 Å². The fourth-order valence-corrected chi connectivity index (χ4v) is 1.42. The van der Waals surface area contributed by atoms with Crippen LogP contribution in [-0.2, 0) is 13.2 Å². The highest BCUT2D eigenvalue weighted by atomic mass is 16.5. The molecule has 2 rings (SSSR count). The quantitative estimate of drug-likeness (QED) is 0.852. The van der Waals surface area contributed by atoms with E-state index >= 15 is 0 Å². The Labute approximate surface area is 99.1 Å². The van der Waals surface area contributed by atoms with Crippen molar-refractivity contribution in [2.45, 2.75) is 13.2 Å². The maximum Gasteiger partial charge on any atom is 0.130 e. The van der Waals surface area contributed by atoms with Gasteiger partial charge in [0, 0.05) is 23.7 Å². The van der Waals surface area contributed by atoms with Crippen molar-refractivity contribution in [3.05, 3.63) is 41.8 Å². The zero-order valence-corrected chi connectivity index (χ0v) is 9.55. The highest BCUT2D eigenvalue weighted by Crippen LogP contribution is 2.25. The van der Waals surface area contributed by atoms with Crippen molar-refractivity contribution < 1.29 is 14.0 Å². The molecule has 0 unspecified atom stereocenters. The number of nitrogens with zero attached hydrogens (tertiary/aromatic N) is 1. The summed E-state index contributed by atoms with van der Waals surface area (Å²) in [5, 5.41) is 3.61. The molecule has 5 nitrogen and oxygen atoms in total. The zero-order chi connectivity index (χ0) is 12.1. The summed E-state index contributed by atoms with van der Waals surface area (Å²) in [5.41, 5.74) is 7.44. The highest BCUT2D eigenvalue weighted by Gasteiger charge is 2.05. The van der Waals surface area contributed by atoms with E-state index in [4.69, 9.17) is 19.7 Å². The van der Waals surface area contributed by atoms with Crippen LogP contribution < -0.4 is 15.2 Å². The van der Waals surface area contributed by atoms with Gasteiger partial charge >= 0.3 is 0 Å². The second kappa shape index (κ2) is 5.36. The number of hydrogen-bond donors (Lipinski definition) is 1. The van der Waals surface area contributed by atoms with E-state index in [1.54, 1.807) is 19.6 Å². The predicted molar refractivity (Wildman–Crippen MR) is 61.7 cm³/mol. The molecule has 0 aliphatic rings. The minimum absolute atomic E-state index is 0.393. The van der Waals surface area contributed by atoms with Gasteiger partial charge in [0.25, 0.3) is 0 Å². The maximum absolute atomic E-state index is 5.65. The van der Waals surface area contributed by atoms with Gasteiger partial charge < -0.3 is 19.7 Å². The van der Waals surface area contributed by atoms with Gasteiger partial charge in [-0.05, 0) is 6.07 Å². The van der Waals surface area contributed by atoms with Gasteiger partial charge in [-0.1, -0.05) is 11.2 Å². The second-order valence-corrected chi connectivity index (χ2v) is 3.50. The monoisotopic (exact) mass is 234 g/mol. The largest absolute Gasteiger partial charge is 0.497 e. The summed E-state index contributed by atoms with van der Waals surface area (Å²) in [4.78, 5) is 0. The molecular formula is C12H14N2O3. The normalized spacial score (nSPS) is 10.2. The lowest BCUT2D eigenvalue weighted by Gasteiger charge is -2.10. The molecule has 0 atom stereocenters. The molecule has 90 valence electrons. The van der Waals surface area contributed by atoms with Gasteiger partial charge in [-0.2, -0.15) is 0 Å². The lowest BCUT2D eigenvalue weighted by atomic mass is 10.2. The molecule has 17 heavy (non-hydrogen) atoms. The first-order valence-corrected chi connectivity index (χ1v) is 5.21. The van der Waals surface area contributed by atoms with Crippen LogP contribution in [0.15, 0.2) is 35.2 Å². The van der Waals surface area contributed by atoms with Crippen LogP contribution >= 0.6 is 0 Å². The predicted octanol–water partition coefficient (Wildman–Crippen LogP) is 1.72. The maximum atomic E-state index is 5.65. The first-order valence-electron chi connectivity index (χ1n) is 5.21. The molecule has 1 heterocycles. The molecule has 5 heteroatoms. The highest BCUT2D eigenvalue weighted by molar-refractivity contribution is 5.40. The van der Waals surface area contributed by atoms with Crippen molar-refractivity contribution in [2.75, 3.05) is 7.11 Å². The molecule has 0 amide bonds. The summed E-state index contributed by atoms with van der Waals surface area (Å²) in [5.74, 6) is 1.45. The van der Waals surface area contributed by atoms with E-state index in [-0.39, 0.29) is 0 Å². The van der Waals surface area contributed by atoms with Gasteiger partial charge in [-0.15, -0.1) is 0 Å². The average Bonchev–Trinajstić information content (AvgIpc) is 2.89. The van der Waals surface area contributed by atoms with Crippen LogP contribution in [0, 0.1) is 0 Å². The Bertz CT molecular complexity index is 469. The standard InChI is InChI=1S/C12H14N2O3/c1-15-11-3-2-10(5-13)12(4-11)16-7-9-6-14-17-8-9/h2-4,6,8H,5,7,13H2,1H3. The molecular weight excluding hydrogens is 220 g/mol. The van der Waals surface area contributed by atoms with Crippen LogP contribution in [0.3, 0.4) is 0 Å². The average molecular weight is 234 g/mol. The number of benzene rings is 1. The number of ether oxygens (including phenoxy) is 2. The minimum Gasteiger partial charge on any atom is -0.497 e. The third-order valence-electron chi connectivity index (χ3n) is 2.37. The number of hydrogen-bond acceptors (Lipinski definition) is 5. The van der Waals surface area contributed by atoms with Crippen LogP contribution in [0.25, 0.3) is 0 Å². The van der Waals surface area contributed by atoms with Gasteiger partial charge in [0.1, 0.15) is 24.4 Å². The van der Waals surface area contributed by atoms with Crippen molar-refractivity contribution >= 4 is 0 Å². The molecule has 2 aromatic rings. The summed E-state index contributed by atoms with van der Waals surface area (Å²) < 4.78 is 15.5. The summed E-state index contributed by atoms with van der Waals surface area (Å²) in [6.45, 7) is 0.812. The first-order chi connectivity index (χ1) is 8.33. The van der Waals surface area contributed by atoms with E-state index in [1.807, 2.05) is 18.2 Å². The van der Waals surface area contributed by atoms with Crippen molar-refractivity contribution in [3.63, 3.8) is 0 Å². The Kier molecular flexibility index (Phi) is 3.62. The number of nitrogens with two attached hydrogens (primary N) is 1. The first kappa shape index (κ1) is 11.5. The fraction of sp³-hybridized carbons (Fsp3) is 0.250. The van der Waals surface area contributed by atoms with Crippen molar-refractivity contribution in [1.82, 2.24) is 5.16 Å². The van der Waals surface area contributed by atoms with Crippen molar-refractivity contribution in [3.8, 4) is 11.5 Å². The fourth-order valence-electron chi connectivity index (χ4n) is 1.42. The smallest absolute Gasteiger partial charge is 0.130 e. The third-order valence-corrected chi connectivity index (χ3v) is 2.37. The zero-order valence-electron chi connectivity index (χ0n) is 9.55. The molecule has 1 aromatic heterocycles. The Morgan fingerprint density at radius 3 is 2.94 bits per heavy atom. The summed E-state index contributed by atoms with van der Waals surface area (Å²) in [6.07, 6.45) is 3.16. The van der Waals surface area contributed by atoms with E-state index < -0.39 is 0 Å². The Hall–Kier alpha value is -2.01. The van der Waals surface area contributed by atoms with Crippen LogP contribution in [-0.4, -0.2) is 12.3 Å². The van der Waals surface area contributed by atoms with Crippen LogP contribution in [0.1, 0.15) is 11.1 Å². The van der Waals surface area contributed by atoms with Gasteiger partial charge in [-0.3, -0.25) is 0 Å². The summed E-state index contributed by atoms with van der Waals surface area (Å²) in [7, 11) is 1.61. The van der Waals surface area contributed by atoms with Gasteiger partial charge in [-0.25, -0.2) is 0 Å². The molecule has 0 aliphatic heterocycles. The molecule has 2 N–H and O–H groups in total. The molecule has 0 radical (unpaired) electrons. The molecule has 0 aliphatic carbocycles. The lowest BCUT2D eigenvalue weighted by molar-refractivity contribution is 0.298. The second-order valence-electron chi connectivity index (χ2n) is 3.50. The Morgan fingerprint density at radius 2 is 2.29 bits per heavy atom. The molecule has 0 bridgehead atoms. The van der Waals surface area contributed by atoms with E-state index in [9.17, 15) is 0 Å². The molecule has 0 saturated heterocycles. The number of methoxy groups -OCH3 is 1. The summed E-state index contributed by atoms with van der Waals surface area (Å²) >= 11 is 0. The topological polar surface area (TPSA) is 70.5 Å². The Morgan fingerprint density at radius 1 is 1.41 bits per heavy atom. The minimum atomic E-state index is 0.393. The van der Waals surface area contributed by atoms with E-state index in [1.165, 1.54) is 0 Å². The van der Waals surface area contributed by atoms with Crippen LogP contribution in [0.5, 0.6) is 11.5 Å². The summed E-state index contributed by atoms with van der Waals surface area (Å²) in [6, 6.07) is 5.56. The Balaban J connectivity index is 2.12. The molecule has 0 spiro atoms. The van der Waals surface area contributed by atoms with E-state index in [2.05, 4.69) is 5.16 Å². The van der Waals surface area contributed by atoms with Gasteiger partial charge in [0.05, 0.1) is 13.3 Å². The van der Waals surface area contributed by atoms with E-state index in [0.717, 1.165) is 16.9 Å². The van der Waals surface area contributed by atoms with E-state index in [0.29, 0.717) is 18.9 Å². The van der Waals surface area contributed by atoms with Crippen molar-refractivity contribution in [2.24, 2.45) is 5.73 Å². The lowest BCUT2D eigenvalue weighted by Crippen LogP contribution is -2.02. The van der Waals surface area contributed by atoms with Crippen LogP contribution in [0.4, 0.5) is 0 Å². The number of aromatic nitrogens is 1. The van der Waals surface area contributed by atoms with Gasteiger partial charge in [0.15, 0.2) is 0 Å². The molecule has 1 aromatic carbocycles. The molecule has 0 saturated carbocycles. The molecule has 0 fully saturated rings. The van der Waals surface area contributed by atoms with Crippen molar-refractivity contribution in [1.29, 1.82) is 0 Å². The van der Waals surface area contributed by atoms with Gasteiger partial charge in [0.2, 0.25) is 0 Å². The number of rotatable bonds is 5.